The fourth-order valence-electron chi connectivity index (χ4n) is 8.02. The van der Waals surface area contributed by atoms with Gasteiger partial charge in [0.15, 0.2) is 0 Å². The second-order valence-electron chi connectivity index (χ2n) is 12.8. The molecule has 8 atom stereocenters. The number of allylic oxidation sites excluding steroid dienone is 6. The number of fused-ring (bicyclic) bond motifs is 5. The van der Waals surface area contributed by atoms with Crippen LogP contribution in [0, 0.1) is 46.3 Å². The van der Waals surface area contributed by atoms with E-state index >= 15 is 0 Å². The molecule has 188 valence electrons. The maximum Gasteiger partial charge on any atom is 0.330 e. The molecular formula is C32H48O2. The van der Waals surface area contributed by atoms with Crippen LogP contribution in [-0.4, -0.2) is 12.1 Å². The molecule has 0 amide bonds. The zero-order valence-corrected chi connectivity index (χ0v) is 22.8. The van der Waals surface area contributed by atoms with E-state index in [4.69, 9.17) is 4.74 Å². The van der Waals surface area contributed by atoms with Crippen molar-refractivity contribution < 1.29 is 9.53 Å². The molecule has 0 spiro atoms. The normalized spacial score (nSPS) is 39.3. The van der Waals surface area contributed by atoms with Gasteiger partial charge in [0.2, 0.25) is 0 Å². The van der Waals surface area contributed by atoms with Gasteiger partial charge in [0, 0.05) is 12.5 Å². The molecule has 0 radical (unpaired) electrons. The van der Waals surface area contributed by atoms with Crippen LogP contribution in [0.2, 0.25) is 0 Å². The van der Waals surface area contributed by atoms with Crippen molar-refractivity contribution >= 4 is 5.97 Å². The molecule has 4 aliphatic carbocycles. The Hall–Kier alpha value is -1.57. The predicted molar refractivity (Wildman–Crippen MR) is 142 cm³/mol. The Kier molecular flexibility index (Phi) is 7.37. The Balaban J connectivity index is 1.52. The lowest BCUT2D eigenvalue weighted by atomic mass is 9.50. The van der Waals surface area contributed by atoms with Crippen LogP contribution in [-0.2, 0) is 9.53 Å². The van der Waals surface area contributed by atoms with Gasteiger partial charge >= 0.3 is 5.97 Å². The van der Waals surface area contributed by atoms with Gasteiger partial charge in [0.25, 0.3) is 0 Å². The Morgan fingerprint density at radius 3 is 2.47 bits per heavy atom. The fraction of sp³-hybridized carbons (Fsp3) is 0.719. The zero-order chi connectivity index (χ0) is 24.7. The van der Waals surface area contributed by atoms with Gasteiger partial charge in [-0.3, -0.25) is 0 Å². The summed E-state index contributed by atoms with van der Waals surface area (Å²) in [6.07, 6.45) is 21.7. The molecule has 4 aliphatic rings. The SMILES string of the molecule is CC=CC(=O)O[C@H]1CC[C@@]2(C)C(=CC=C3[C@@H]4CC[C@H]([C@H](C)C=C[C@H](C)C(C)C)[C@@]4(C)CC[C@@H]32)C1. The minimum absolute atomic E-state index is 0.0311. The van der Waals surface area contributed by atoms with E-state index in [1.54, 1.807) is 17.7 Å². The number of hydrogen-bond acceptors (Lipinski definition) is 2. The third-order valence-corrected chi connectivity index (χ3v) is 10.6. The first-order valence-electron chi connectivity index (χ1n) is 14.0. The summed E-state index contributed by atoms with van der Waals surface area (Å²) in [6.45, 7) is 16.5. The van der Waals surface area contributed by atoms with Gasteiger partial charge in [0.05, 0.1) is 0 Å². The molecule has 0 aromatic heterocycles. The molecule has 0 unspecified atom stereocenters. The van der Waals surface area contributed by atoms with Gasteiger partial charge in [-0.15, -0.1) is 0 Å². The minimum Gasteiger partial charge on any atom is -0.459 e. The molecule has 3 fully saturated rings. The third-order valence-electron chi connectivity index (χ3n) is 10.6. The zero-order valence-electron chi connectivity index (χ0n) is 22.8. The molecule has 2 nitrogen and oxygen atoms in total. The van der Waals surface area contributed by atoms with Crippen LogP contribution in [0.1, 0.15) is 93.4 Å². The highest BCUT2D eigenvalue weighted by Crippen LogP contribution is 2.66. The fourth-order valence-corrected chi connectivity index (χ4v) is 8.02. The van der Waals surface area contributed by atoms with Crippen molar-refractivity contribution in [3.8, 4) is 0 Å². The van der Waals surface area contributed by atoms with E-state index in [2.05, 4.69) is 65.8 Å². The minimum atomic E-state index is -0.194. The molecule has 0 N–H and O–H groups in total. The lowest BCUT2D eigenvalue weighted by Crippen LogP contribution is -2.46. The van der Waals surface area contributed by atoms with Crippen molar-refractivity contribution in [1.29, 1.82) is 0 Å². The van der Waals surface area contributed by atoms with Gasteiger partial charge in [-0.05, 0) is 91.8 Å². The molecule has 34 heavy (non-hydrogen) atoms. The number of carbonyl (C=O) groups is 1. The van der Waals surface area contributed by atoms with Crippen LogP contribution in [0.3, 0.4) is 0 Å². The molecule has 2 heteroatoms. The van der Waals surface area contributed by atoms with Gasteiger partial charge in [-0.1, -0.05) is 83.1 Å². The van der Waals surface area contributed by atoms with Crippen LogP contribution in [0.5, 0.6) is 0 Å². The van der Waals surface area contributed by atoms with E-state index in [1.807, 2.05) is 6.92 Å². The highest BCUT2D eigenvalue weighted by atomic mass is 16.5. The molecule has 0 bridgehead atoms. The summed E-state index contributed by atoms with van der Waals surface area (Å²) in [5, 5.41) is 0. The first-order valence-corrected chi connectivity index (χ1v) is 14.0. The Morgan fingerprint density at radius 1 is 1.00 bits per heavy atom. The first-order chi connectivity index (χ1) is 16.1. The molecule has 3 saturated carbocycles. The maximum absolute atomic E-state index is 12.0. The standard InChI is InChI=1S/C32H48O2/c1-8-9-30(33)34-25-16-18-31(6)24(20-25)12-13-26-28-15-14-27(32(28,7)19-17-29(26)31)23(5)11-10-22(4)21(2)3/h8-13,21-23,25,27-29H,14-20H2,1-7H3/t22-,23+,25-,27+,28-,29-,31-,32+/m0/s1. The van der Waals surface area contributed by atoms with E-state index < -0.39 is 0 Å². The summed E-state index contributed by atoms with van der Waals surface area (Å²) < 4.78 is 5.75. The Bertz CT molecular complexity index is 889. The molecule has 0 aliphatic heterocycles. The second-order valence-corrected chi connectivity index (χ2v) is 12.8. The van der Waals surface area contributed by atoms with Crippen LogP contribution in [0.15, 0.2) is 47.6 Å². The Morgan fingerprint density at radius 2 is 1.76 bits per heavy atom. The number of esters is 1. The van der Waals surface area contributed by atoms with Crippen LogP contribution in [0.25, 0.3) is 0 Å². The molecular weight excluding hydrogens is 416 g/mol. The average Bonchev–Trinajstić information content (AvgIpc) is 3.14. The lowest BCUT2D eigenvalue weighted by molar-refractivity contribution is -0.144. The topological polar surface area (TPSA) is 26.3 Å². The molecule has 0 heterocycles. The Labute approximate surface area is 209 Å². The first kappa shape index (κ1) is 25.5. The average molecular weight is 465 g/mol. The summed E-state index contributed by atoms with van der Waals surface area (Å²) >= 11 is 0. The number of carbonyl (C=O) groups excluding carboxylic acids is 1. The van der Waals surface area contributed by atoms with Crippen molar-refractivity contribution in [2.75, 3.05) is 0 Å². The molecule has 0 saturated heterocycles. The van der Waals surface area contributed by atoms with Gasteiger partial charge in [-0.2, -0.15) is 0 Å². The lowest BCUT2D eigenvalue weighted by Gasteiger charge is -2.55. The van der Waals surface area contributed by atoms with Crippen LogP contribution >= 0.6 is 0 Å². The molecule has 0 aromatic carbocycles. The van der Waals surface area contributed by atoms with E-state index in [-0.39, 0.29) is 17.5 Å². The smallest absolute Gasteiger partial charge is 0.330 e. The summed E-state index contributed by atoms with van der Waals surface area (Å²) in [5.74, 6) is 4.01. The molecule has 4 rings (SSSR count). The largest absolute Gasteiger partial charge is 0.459 e. The summed E-state index contributed by atoms with van der Waals surface area (Å²) in [6, 6.07) is 0. The van der Waals surface area contributed by atoms with Gasteiger partial charge in [0.1, 0.15) is 6.10 Å². The van der Waals surface area contributed by atoms with E-state index in [9.17, 15) is 4.79 Å². The second kappa shape index (κ2) is 9.82. The molecule has 0 aromatic rings. The third kappa shape index (κ3) is 4.51. The quantitative estimate of drug-likeness (QED) is 0.224. The summed E-state index contributed by atoms with van der Waals surface area (Å²) in [4.78, 5) is 12.0. The van der Waals surface area contributed by atoms with E-state index in [1.165, 1.54) is 31.3 Å². The number of ether oxygens (including phenoxy) is 1. The van der Waals surface area contributed by atoms with Crippen molar-refractivity contribution in [3.05, 3.63) is 47.6 Å². The number of hydrogen-bond donors (Lipinski definition) is 0. The maximum atomic E-state index is 12.0. The van der Waals surface area contributed by atoms with E-state index in [0.29, 0.717) is 29.1 Å². The van der Waals surface area contributed by atoms with Gasteiger partial charge < -0.3 is 4.74 Å². The van der Waals surface area contributed by atoms with Crippen molar-refractivity contribution in [2.45, 2.75) is 99.5 Å². The monoisotopic (exact) mass is 464 g/mol. The van der Waals surface area contributed by atoms with Crippen molar-refractivity contribution in [2.24, 2.45) is 46.3 Å². The predicted octanol–water partition coefficient (Wildman–Crippen LogP) is 8.46. The number of rotatable bonds is 6. The van der Waals surface area contributed by atoms with Crippen molar-refractivity contribution in [3.63, 3.8) is 0 Å². The highest BCUT2D eigenvalue weighted by Gasteiger charge is 2.56. The van der Waals surface area contributed by atoms with E-state index in [0.717, 1.165) is 31.1 Å². The van der Waals surface area contributed by atoms with Crippen LogP contribution in [0.4, 0.5) is 0 Å². The van der Waals surface area contributed by atoms with Crippen LogP contribution < -0.4 is 0 Å². The highest BCUT2D eigenvalue weighted by molar-refractivity contribution is 5.82. The summed E-state index contributed by atoms with van der Waals surface area (Å²) in [7, 11) is 0. The summed E-state index contributed by atoms with van der Waals surface area (Å²) in [5.41, 5.74) is 3.93. The van der Waals surface area contributed by atoms with Gasteiger partial charge in [-0.25, -0.2) is 4.79 Å². The van der Waals surface area contributed by atoms with Crippen molar-refractivity contribution in [1.82, 2.24) is 0 Å².